The lowest BCUT2D eigenvalue weighted by molar-refractivity contribution is -0.139. The highest BCUT2D eigenvalue weighted by Gasteiger charge is 2.25. The van der Waals surface area contributed by atoms with Crippen molar-refractivity contribution in [3.05, 3.63) is 36.7 Å². The Morgan fingerprint density at radius 2 is 2.10 bits per heavy atom. The van der Waals surface area contributed by atoms with Crippen LogP contribution in [-0.2, 0) is 14.8 Å². The summed E-state index contributed by atoms with van der Waals surface area (Å²) in [5.41, 5.74) is 0. The molecular weight excluding hydrogens is 284 g/mol. The molecule has 0 unspecified atom stereocenters. The highest BCUT2D eigenvalue weighted by molar-refractivity contribution is 7.89. The Morgan fingerprint density at radius 3 is 2.75 bits per heavy atom. The summed E-state index contributed by atoms with van der Waals surface area (Å²) in [6.07, 6.45) is 2.96. The summed E-state index contributed by atoms with van der Waals surface area (Å²) in [5, 5.41) is 18.7. The molecule has 0 spiro atoms. The Bertz CT molecular complexity index is 739. The molecule has 1 atom stereocenters. The van der Waals surface area contributed by atoms with Crippen LogP contribution < -0.4 is 4.72 Å². The van der Waals surface area contributed by atoms with Crippen LogP contribution in [0.25, 0.3) is 10.8 Å². The van der Waals surface area contributed by atoms with E-state index in [9.17, 15) is 13.2 Å². The van der Waals surface area contributed by atoms with Crippen molar-refractivity contribution in [1.82, 2.24) is 9.71 Å². The molecule has 0 saturated heterocycles. The largest absolute Gasteiger partial charge is 0.480 e. The van der Waals surface area contributed by atoms with E-state index in [1.807, 2.05) is 4.72 Å². The normalized spacial score (nSPS) is 13.2. The Kier molecular flexibility index (Phi) is 3.98. The van der Waals surface area contributed by atoms with E-state index in [0.717, 1.165) is 0 Å². The fourth-order valence-corrected chi connectivity index (χ4v) is 3.15. The molecule has 0 aliphatic heterocycles. The predicted octanol–water partition coefficient (Wildman–Crippen LogP) is -0.0414. The fourth-order valence-electron chi connectivity index (χ4n) is 1.74. The monoisotopic (exact) mass is 296 g/mol. The van der Waals surface area contributed by atoms with Crippen LogP contribution in [0.1, 0.15) is 0 Å². The summed E-state index contributed by atoms with van der Waals surface area (Å²) in [6.45, 7) is -0.832. The van der Waals surface area contributed by atoms with Crippen LogP contribution in [0.2, 0.25) is 0 Å². The minimum atomic E-state index is -4.06. The van der Waals surface area contributed by atoms with Crippen molar-refractivity contribution in [2.45, 2.75) is 10.9 Å². The molecule has 1 aromatic heterocycles. The topological polar surface area (TPSA) is 117 Å². The predicted molar refractivity (Wildman–Crippen MR) is 70.6 cm³/mol. The number of sulfonamides is 1. The van der Waals surface area contributed by atoms with E-state index in [0.29, 0.717) is 10.8 Å². The van der Waals surface area contributed by atoms with Crippen molar-refractivity contribution in [3.63, 3.8) is 0 Å². The molecule has 0 saturated carbocycles. The summed E-state index contributed by atoms with van der Waals surface area (Å²) in [5.74, 6) is -1.45. The number of nitrogens with zero attached hydrogens (tertiary/aromatic N) is 1. The molecule has 0 aliphatic rings. The number of aliphatic hydroxyl groups excluding tert-OH is 1. The number of aliphatic hydroxyl groups is 1. The Morgan fingerprint density at radius 1 is 1.35 bits per heavy atom. The van der Waals surface area contributed by atoms with Gasteiger partial charge < -0.3 is 10.2 Å². The molecule has 8 heteroatoms. The van der Waals surface area contributed by atoms with Crippen LogP contribution in [0.3, 0.4) is 0 Å². The molecule has 2 rings (SSSR count). The van der Waals surface area contributed by atoms with Crippen LogP contribution in [-0.4, -0.2) is 42.2 Å². The second-order valence-electron chi connectivity index (χ2n) is 4.05. The zero-order valence-electron chi connectivity index (χ0n) is 10.2. The molecule has 20 heavy (non-hydrogen) atoms. The van der Waals surface area contributed by atoms with Crippen LogP contribution in [0, 0.1) is 0 Å². The number of aromatic nitrogens is 1. The van der Waals surface area contributed by atoms with Gasteiger partial charge in [0.2, 0.25) is 10.0 Å². The van der Waals surface area contributed by atoms with Gasteiger partial charge in [-0.25, -0.2) is 8.42 Å². The zero-order chi connectivity index (χ0) is 14.8. The van der Waals surface area contributed by atoms with E-state index in [1.54, 1.807) is 6.07 Å². The molecule has 3 N–H and O–H groups in total. The quantitative estimate of drug-likeness (QED) is 0.712. The first-order chi connectivity index (χ1) is 9.45. The number of rotatable bonds is 5. The molecule has 0 aliphatic carbocycles. The highest BCUT2D eigenvalue weighted by Crippen LogP contribution is 2.21. The summed E-state index contributed by atoms with van der Waals surface area (Å²) >= 11 is 0. The van der Waals surface area contributed by atoms with Crippen molar-refractivity contribution in [2.75, 3.05) is 6.61 Å². The molecule has 1 heterocycles. The lowest BCUT2D eigenvalue weighted by Gasteiger charge is -2.13. The first kappa shape index (κ1) is 14.4. The number of nitrogens with one attached hydrogen (secondary N) is 1. The van der Waals surface area contributed by atoms with Crippen LogP contribution in [0.5, 0.6) is 0 Å². The third-order valence-corrected chi connectivity index (χ3v) is 4.24. The molecule has 1 aromatic carbocycles. The van der Waals surface area contributed by atoms with E-state index < -0.39 is 28.6 Å². The SMILES string of the molecule is O=C(O)[C@@H](CO)NS(=O)(=O)c1cccc2cnccc12. The number of carboxylic acid groups (broad SMARTS) is 1. The lowest BCUT2D eigenvalue weighted by atomic mass is 10.2. The summed E-state index contributed by atoms with van der Waals surface area (Å²) in [6, 6.07) is 4.53. The summed E-state index contributed by atoms with van der Waals surface area (Å²) in [4.78, 5) is 14.6. The Balaban J connectivity index is 2.50. The van der Waals surface area contributed by atoms with Crippen molar-refractivity contribution in [2.24, 2.45) is 0 Å². The second-order valence-corrected chi connectivity index (χ2v) is 5.73. The van der Waals surface area contributed by atoms with E-state index >= 15 is 0 Å². The maximum absolute atomic E-state index is 12.2. The van der Waals surface area contributed by atoms with Gasteiger partial charge >= 0.3 is 5.97 Å². The van der Waals surface area contributed by atoms with Gasteiger partial charge in [0.15, 0.2) is 0 Å². The number of fused-ring (bicyclic) bond motifs is 1. The minimum Gasteiger partial charge on any atom is -0.480 e. The van der Waals surface area contributed by atoms with Crippen molar-refractivity contribution in [3.8, 4) is 0 Å². The molecule has 106 valence electrons. The van der Waals surface area contributed by atoms with Gasteiger partial charge in [0.25, 0.3) is 0 Å². The van der Waals surface area contributed by atoms with Crippen molar-refractivity contribution >= 4 is 26.8 Å². The molecule has 0 bridgehead atoms. The fraction of sp³-hybridized carbons (Fsp3) is 0.167. The maximum atomic E-state index is 12.2. The maximum Gasteiger partial charge on any atom is 0.324 e. The van der Waals surface area contributed by atoms with Crippen LogP contribution in [0.15, 0.2) is 41.6 Å². The van der Waals surface area contributed by atoms with Gasteiger partial charge in [-0.2, -0.15) is 4.72 Å². The van der Waals surface area contributed by atoms with Gasteiger partial charge in [0.1, 0.15) is 6.04 Å². The van der Waals surface area contributed by atoms with Gasteiger partial charge in [-0.1, -0.05) is 12.1 Å². The van der Waals surface area contributed by atoms with Crippen LogP contribution >= 0.6 is 0 Å². The van der Waals surface area contributed by atoms with Crippen molar-refractivity contribution < 1.29 is 23.4 Å². The lowest BCUT2D eigenvalue weighted by Crippen LogP contribution is -2.43. The van der Waals surface area contributed by atoms with Gasteiger partial charge in [0.05, 0.1) is 11.5 Å². The van der Waals surface area contributed by atoms with Gasteiger partial charge in [-0.15, -0.1) is 0 Å². The minimum absolute atomic E-state index is 0.0582. The van der Waals surface area contributed by atoms with Crippen molar-refractivity contribution in [1.29, 1.82) is 0 Å². The number of hydrogen-bond donors (Lipinski definition) is 3. The van der Waals surface area contributed by atoms with Crippen LogP contribution in [0.4, 0.5) is 0 Å². The number of aliphatic carboxylic acids is 1. The van der Waals surface area contributed by atoms with Gasteiger partial charge in [-0.05, 0) is 12.1 Å². The highest BCUT2D eigenvalue weighted by atomic mass is 32.2. The Labute approximate surface area is 114 Å². The molecule has 0 radical (unpaired) electrons. The summed E-state index contributed by atoms with van der Waals surface area (Å²) < 4.78 is 26.4. The number of hydrogen-bond acceptors (Lipinski definition) is 5. The molecule has 0 amide bonds. The third kappa shape index (κ3) is 2.77. The third-order valence-electron chi connectivity index (χ3n) is 2.71. The molecule has 0 fully saturated rings. The summed E-state index contributed by atoms with van der Waals surface area (Å²) in [7, 11) is -4.06. The average molecular weight is 296 g/mol. The molecule has 2 aromatic rings. The first-order valence-electron chi connectivity index (χ1n) is 5.64. The van der Waals surface area contributed by atoms with E-state index in [4.69, 9.17) is 10.2 Å². The number of pyridine rings is 1. The number of benzene rings is 1. The van der Waals surface area contributed by atoms with Gasteiger partial charge in [-0.3, -0.25) is 9.78 Å². The Hall–Kier alpha value is -2.03. The standard InChI is InChI=1S/C12H12N2O5S/c15-7-10(12(16)17)14-20(18,19)11-3-1-2-8-6-13-5-4-9(8)11/h1-6,10,14-15H,7H2,(H,16,17)/t10-/m1/s1. The zero-order valence-corrected chi connectivity index (χ0v) is 11.0. The first-order valence-corrected chi connectivity index (χ1v) is 7.13. The van der Waals surface area contributed by atoms with Gasteiger partial charge in [0, 0.05) is 23.2 Å². The van der Waals surface area contributed by atoms with E-state index in [2.05, 4.69) is 4.98 Å². The molecular formula is C12H12N2O5S. The molecule has 7 nitrogen and oxygen atoms in total. The average Bonchev–Trinajstić information content (AvgIpc) is 2.43. The second kappa shape index (κ2) is 5.53. The number of carbonyl (C=O) groups is 1. The van der Waals surface area contributed by atoms with E-state index in [1.165, 1.54) is 30.6 Å². The number of carboxylic acids is 1. The van der Waals surface area contributed by atoms with E-state index in [-0.39, 0.29) is 4.90 Å². The smallest absolute Gasteiger partial charge is 0.324 e.